The molecule has 1 fully saturated rings. The van der Waals surface area contributed by atoms with Gasteiger partial charge >= 0.3 is 12.1 Å². The summed E-state index contributed by atoms with van der Waals surface area (Å²) in [6, 6.07) is 6.83. The number of rotatable bonds is 6. The highest BCUT2D eigenvalue weighted by Gasteiger charge is 2.26. The number of imide groups is 1. The lowest BCUT2D eigenvalue weighted by atomic mass is 10.1. The van der Waals surface area contributed by atoms with Crippen LogP contribution in [0.1, 0.15) is 11.1 Å². The van der Waals surface area contributed by atoms with E-state index in [1.165, 1.54) is 30.3 Å². The van der Waals surface area contributed by atoms with Gasteiger partial charge in [-0.05, 0) is 47.9 Å². The number of ether oxygens (including phenoxy) is 3. The number of cyclic esters (lactones) is 1. The molecule has 3 rings (SSSR count). The quantitative estimate of drug-likeness (QED) is 0.547. The number of benzene rings is 2. The normalized spacial score (nSPS) is 15.5. The highest BCUT2D eigenvalue weighted by Crippen LogP contribution is 2.29. The van der Waals surface area contributed by atoms with Crippen LogP contribution in [0.25, 0.3) is 6.08 Å². The van der Waals surface area contributed by atoms with Gasteiger partial charge in [-0.3, -0.25) is 14.9 Å². The summed E-state index contributed by atoms with van der Waals surface area (Å²) >= 11 is 0. The molecule has 8 nitrogen and oxygen atoms in total. The molecule has 10 heteroatoms. The minimum absolute atomic E-state index is 0.109. The zero-order valence-electron chi connectivity index (χ0n) is 15.6. The molecule has 0 spiro atoms. The fourth-order valence-electron chi connectivity index (χ4n) is 2.64. The van der Waals surface area contributed by atoms with Crippen molar-refractivity contribution in [3.63, 3.8) is 0 Å². The third-order valence-electron chi connectivity index (χ3n) is 4.06. The first-order chi connectivity index (χ1) is 14.3. The van der Waals surface area contributed by atoms with Crippen LogP contribution in [0, 0.1) is 11.6 Å². The summed E-state index contributed by atoms with van der Waals surface area (Å²) in [6.07, 6.45) is 0.348. The average molecular weight is 418 g/mol. The molecular weight excluding hydrogens is 402 g/mol. The van der Waals surface area contributed by atoms with Crippen molar-refractivity contribution in [1.29, 1.82) is 0 Å². The van der Waals surface area contributed by atoms with Crippen molar-refractivity contribution in [2.75, 3.05) is 7.11 Å². The fourth-order valence-corrected chi connectivity index (χ4v) is 2.64. The predicted molar refractivity (Wildman–Crippen MR) is 99.2 cm³/mol. The van der Waals surface area contributed by atoms with Gasteiger partial charge in [-0.25, -0.2) is 13.6 Å². The number of esters is 1. The van der Waals surface area contributed by atoms with Crippen LogP contribution < -0.4 is 15.8 Å². The van der Waals surface area contributed by atoms with Crippen molar-refractivity contribution in [3.05, 3.63) is 64.9 Å². The van der Waals surface area contributed by atoms with Crippen LogP contribution >= 0.6 is 0 Å². The smallest absolute Gasteiger partial charge is 0.419 e. The Labute approximate surface area is 169 Å². The van der Waals surface area contributed by atoms with E-state index in [1.54, 1.807) is 0 Å². The van der Waals surface area contributed by atoms with E-state index < -0.39 is 41.4 Å². The number of alkyl carbamates (subject to hydrolysis) is 1. The SMILES string of the molecule is COC(=O)C(N)Cc1cc(F)c(Oc2ccc(C=C3OC(=O)NC3=O)cc2)c(F)c1. The average Bonchev–Trinajstić information content (AvgIpc) is 3.02. The van der Waals surface area contributed by atoms with Gasteiger partial charge in [-0.15, -0.1) is 0 Å². The van der Waals surface area contributed by atoms with Crippen molar-refractivity contribution < 1.29 is 37.4 Å². The maximum atomic E-state index is 14.3. The summed E-state index contributed by atoms with van der Waals surface area (Å²) in [5.74, 6) is -3.98. The molecule has 2 aromatic rings. The van der Waals surface area contributed by atoms with Crippen LogP contribution in [0.2, 0.25) is 0 Å². The third-order valence-corrected chi connectivity index (χ3v) is 4.06. The van der Waals surface area contributed by atoms with Crippen LogP contribution in [0.15, 0.2) is 42.2 Å². The van der Waals surface area contributed by atoms with Crippen LogP contribution in [-0.2, 0) is 25.5 Å². The predicted octanol–water partition coefficient (Wildman–Crippen LogP) is 2.41. The van der Waals surface area contributed by atoms with E-state index in [0.29, 0.717) is 5.56 Å². The van der Waals surface area contributed by atoms with E-state index in [9.17, 15) is 23.2 Å². The van der Waals surface area contributed by atoms with E-state index in [2.05, 4.69) is 9.47 Å². The van der Waals surface area contributed by atoms with Crippen molar-refractivity contribution >= 4 is 24.0 Å². The van der Waals surface area contributed by atoms with Gasteiger partial charge < -0.3 is 19.9 Å². The zero-order chi connectivity index (χ0) is 21.8. The van der Waals surface area contributed by atoms with Gasteiger partial charge in [0, 0.05) is 0 Å². The molecule has 0 radical (unpaired) electrons. The molecule has 0 bridgehead atoms. The van der Waals surface area contributed by atoms with Gasteiger partial charge in [0.25, 0.3) is 5.91 Å². The maximum absolute atomic E-state index is 14.3. The van der Waals surface area contributed by atoms with E-state index >= 15 is 0 Å². The second kappa shape index (κ2) is 8.70. The molecule has 1 atom stereocenters. The van der Waals surface area contributed by atoms with E-state index in [0.717, 1.165) is 19.2 Å². The van der Waals surface area contributed by atoms with Gasteiger partial charge in [0.1, 0.15) is 11.8 Å². The van der Waals surface area contributed by atoms with Crippen molar-refractivity contribution in [3.8, 4) is 11.5 Å². The van der Waals surface area contributed by atoms with Crippen molar-refractivity contribution in [2.24, 2.45) is 5.73 Å². The van der Waals surface area contributed by atoms with E-state index in [-0.39, 0.29) is 23.5 Å². The second-order valence-corrected chi connectivity index (χ2v) is 6.25. The molecule has 2 aromatic carbocycles. The summed E-state index contributed by atoms with van der Waals surface area (Å²) in [5.41, 5.74) is 6.27. The van der Waals surface area contributed by atoms with Gasteiger partial charge in [0.05, 0.1) is 7.11 Å². The minimum Gasteiger partial charge on any atom is -0.468 e. The Bertz CT molecular complexity index is 1010. The lowest BCUT2D eigenvalue weighted by molar-refractivity contribution is -0.142. The zero-order valence-corrected chi connectivity index (χ0v) is 15.6. The Hall–Kier alpha value is -3.79. The Morgan fingerprint density at radius 2 is 1.83 bits per heavy atom. The number of hydrogen-bond acceptors (Lipinski definition) is 7. The molecule has 30 heavy (non-hydrogen) atoms. The highest BCUT2D eigenvalue weighted by atomic mass is 19.1. The van der Waals surface area contributed by atoms with Crippen molar-refractivity contribution in [1.82, 2.24) is 5.32 Å². The summed E-state index contributed by atoms with van der Waals surface area (Å²) in [6.45, 7) is 0. The Kier molecular flexibility index (Phi) is 6.07. The maximum Gasteiger partial charge on any atom is 0.419 e. The van der Waals surface area contributed by atoms with E-state index in [4.69, 9.17) is 10.5 Å². The Balaban J connectivity index is 1.73. The summed E-state index contributed by atoms with van der Waals surface area (Å²) in [5, 5.41) is 1.96. The minimum atomic E-state index is -1.05. The number of carbonyl (C=O) groups is 3. The first kappa shape index (κ1) is 20.9. The number of amides is 2. The molecule has 156 valence electrons. The largest absolute Gasteiger partial charge is 0.468 e. The van der Waals surface area contributed by atoms with Crippen molar-refractivity contribution in [2.45, 2.75) is 12.5 Å². The monoisotopic (exact) mass is 418 g/mol. The lowest BCUT2D eigenvalue weighted by Gasteiger charge is -2.12. The standard InChI is InChI=1S/C20H16F2N2O6/c1-28-19(26)15(23)8-11-6-13(21)17(14(22)7-11)29-12-4-2-10(3-5-12)9-16-18(25)24-20(27)30-16/h2-7,9,15H,8,23H2,1H3,(H,24,25,27). The molecule has 1 aliphatic rings. The number of methoxy groups -OCH3 is 1. The second-order valence-electron chi connectivity index (χ2n) is 6.25. The highest BCUT2D eigenvalue weighted by molar-refractivity contribution is 6.09. The molecule has 2 amide bonds. The summed E-state index contributed by atoms with van der Waals surface area (Å²) in [7, 11) is 1.16. The molecule has 0 aliphatic carbocycles. The molecular formula is C20H16F2N2O6. The van der Waals surface area contributed by atoms with E-state index in [1.807, 2.05) is 5.32 Å². The van der Waals surface area contributed by atoms with Gasteiger partial charge in [0.2, 0.25) is 0 Å². The van der Waals surface area contributed by atoms with Gasteiger partial charge in [-0.2, -0.15) is 0 Å². The number of nitrogens with two attached hydrogens (primary N) is 1. The topological polar surface area (TPSA) is 117 Å². The molecule has 1 saturated heterocycles. The molecule has 1 unspecified atom stereocenters. The van der Waals surface area contributed by atoms with Gasteiger partial charge in [0.15, 0.2) is 23.1 Å². The molecule has 1 aliphatic heterocycles. The number of halogens is 2. The third kappa shape index (κ3) is 4.78. The van der Waals surface area contributed by atoms with Gasteiger partial charge in [-0.1, -0.05) is 12.1 Å². The molecule has 0 aromatic heterocycles. The summed E-state index contributed by atoms with van der Waals surface area (Å²) in [4.78, 5) is 33.8. The molecule has 0 saturated carbocycles. The number of hydrogen-bond donors (Lipinski definition) is 2. The van der Waals surface area contributed by atoms with Crippen LogP contribution in [0.4, 0.5) is 13.6 Å². The number of carbonyl (C=O) groups excluding carboxylic acids is 3. The van der Waals surface area contributed by atoms with Crippen LogP contribution in [0.5, 0.6) is 11.5 Å². The Morgan fingerprint density at radius 3 is 2.37 bits per heavy atom. The lowest BCUT2D eigenvalue weighted by Crippen LogP contribution is -2.33. The number of nitrogens with one attached hydrogen (secondary N) is 1. The summed E-state index contributed by atoms with van der Waals surface area (Å²) < 4.78 is 43.1. The first-order valence-electron chi connectivity index (χ1n) is 8.61. The fraction of sp³-hybridized carbons (Fsp3) is 0.150. The molecule has 1 heterocycles. The molecule has 3 N–H and O–H groups in total. The Morgan fingerprint density at radius 1 is 1.20 bits per heavy atom. The van der Waals surface area contributed by atoms with Crippen LogP contribution in [0.3, 0.4) is 0 Å². The van der Waals surface area contributed by atoms with Crippen LogP contribution in [-0.4, -0.2) is 31.1 Å². The first-order valence-corrected chi connectivity index (χ1v) is 8.61.